The number of Topliss-reactive ketones (excluding diaryl/α,β-unsaturated/α-hetero) is 1. The summed E-state index contributed by atoms with van der Waals surface area (Å²) in [6.45, 7) is -1.53. The molecule has 1 heterocycles. The molecule has 0 radical (unpaired) electrons. The molecule has 0 aliphatic heterocycles. The highest BCUT2D eigenvalue weighted by molar-refractivity contribution is 7.89. The van der Waals surface area contributed by atoms with Crippen LogP contribution in [-0.4, -0.2) is 38.5 Å². The normalized spacial score (nSPS) is 14.8. The van der Waals surface area contributed by atoms with Gasteiger partial charge in [-0.15, -0.1) is 0 Å². The van der Waals surface area contributed by atoms with Crippen molar-refractivity contribution in [3.8, 4) is 5.88 Å². The van der Waals surface area contributed by atoms with E-state index in [9.17, 15) is 39.6 Å². The third-order valence-electron chi connectivity index (χ3n) is 4.87. The minimum atomic E-state index is -4.78. The van der Waals surface area contributed by atoms with Gasteiger partial charge in [0.25, 0.3) is 0 Å². The summed E-state index contributed by atoms with van der Waals surface area (Å²) in [5, 5.41) is 0. The van der Waals surface area contributed by atoms with Crippen molar-refractivity contribution in [1.82, 2.24) is 9.71 Å². The summed E-state index contributed by atoms with van der Waals surface area (Å²) >= 11 is 0. The van der Waals surface area contributed by atoms with E-state index >= 15 is 0 Å². The average Bonchev–Trinajstić information content (AvgIpc) is 3.55. The average molecular weight is 510 g/mol. The van der Waals surface area contributed by atoms with Crippen molar-refractivity contribution in [2.24, 2.45) is 5.92 Å². The lowest BCUT2D eigenvalue weighted by Crippen LogP contribution is -2.33. The number of alkyl halides is 6. The van der Waals surface area contributed by atoms with Gasteiger partial charge in [-0.1, -0.05) is 18.2 Å². The summed E-state index contributed by atoms with van der Waals surface area (Å²) in [4.78, 5) is 15.9. The van der Waals surface area contributed by atoms with E-state index < -0.39 is 51.6 Å². The fraction of sp³-hybridized carbons (Fsp3) is 0.429. The number of ketones is 1. The third kappa shape index (κ3) is 7.69. The third-order valence-corrected chi connectivity index (χ3v) is 6.24. The Morgan fingerprint density at radius 3 is 2.41 bits per heavy atom. The van der Waals surface area contributed by atoms with Gasteiger partial charge in [-0.2, -0.15) is 26.3 Å². The number of rotatable bonds is 10. The topological polar surface area (TPSA) is 85.4 Å². The first-order valence-electron chi connectivity index (χ1n) is 10.1. The lowest BCUT2D eigenvalue weighted by molar-refractivity contribution is -0.137. The number of aromatic nitrogens is 1. The quantitative estimate of drug-likeness (QED) is 0.487. The predicted octanol–water partition coefficient (Wildman–Crippen LogP) is 4.08. The molecule has 0 unspecified atom stereocenters. The van der Waals surface area contributed by atoms with Crippen LogP contribution in [0.2, 0.25) is 0 Å². The van der Waals surface area contributed by atoms with Gasteiger partial charge in [0, 0.05) is 18.4 Å². The smallest absolute Gasteiger partial charge is 0.416 e. The molecule has 0 amide bonds. The fourth-order valence-electron chi connectivity index (χ4n) is 2.98. The van der Waals surface area contributed by atoms with Crippen molar-refractivity contribution in [2.75, 3.05) is 13.2 Å². The monoisotopic (exact) mass is 510 g/mol. The number of nitrogens with one attached hydrogen (secondary N) is 1. The maximum Gasteiger partial charge on any atom is 0.416 e. The first-order chi connectivity index (χ1) is 15.7. The standard InChI is InChI=1S/C21H20F6N2O4S/c22-20(23,24)12-29-34(31,32)18-9-15(19(28-10-18)33-11-13-4-5-13)8-17(30)7-14-2-1-3-16(6-14)21(25,26)27/h1-3,6,9-10,13,29H,4-5,7-8,11-12H2. The maximum atomic E-state index is 12.9. The van der Waals surface area contributed by atoms with Crippen molar-refractivity contribution in [3.05, 3.63) is 53.2 Å². The summed E-state index contributed by atoms with van der Waals surface area (Å²) in [7, 11) is -4.59. The zero-order valence-corrected chi connectivity index (χ0v) is 18.4. The zero-order chi connectivity index (χ0) is 25.1. The van der Waals surface area contributed by atoms with E-state index in [1.165, 1.54) is 10.8 Å². The molecule has 0 saturated heterocycles. The van der Waals surface area contributed by atoms with Crippen LogP contribution in [0.15, 0.2) is 41.4 Å². The number of pyridine rings is 1. The molecule has 2 aromatic rings. The highest BCUT2D eigenvalue weighted by atomic mass is 32.2. The van der Waals surface area contributed by atoms with Gasteiger partial charge in [0.2, 0.25) is 15.9 Å². The number of hydrogen-bond donors (Lipinski definition) is 1. The Kier molecular flexibility index (Phi) is 7.56. The van der Waals surface area contributed by atoms with Gasteiger partial charge in [-0.3, -0.25) is 4.79 Å². The molecule has 1 aromatic heterocycles. The molecule has 0 bridgehead atoms. The number of nitrogens with zero attached hydrogens (tertiary/aromatic N) is 1. The molecule has 0 atom stereocenters. The number of carbonyl (C=O) groups is 1. The van der Waals surface area contributed by atoms with Gasteiger partial charge >= 0.3 is 12.4 Å². The molecular weight excluding hydrogens is 490 g/mol. The summed E-state index contributed by atoms with van der Waals surface area (Å²) in [6.07, 6.45) is -7.51. The molecule has 1 aliphatic carbocycles. The number of halogens is 6. The van der Waals surface area contributed by atoms with Crippen LogP contribution in [-0.2, 0) is 33.8 Å². The van der Waals surface area contributed by atoms with E-state index in [-0.39, 0.29) is 36.0 Å². The van der Waals surface area contributed by atoms with E-state index in [2.05, 4.69) is 4.98 Å². The van der Waals surface area contributed by atoms with Crippen molar-refractivity contribution in [2.45, 2.75) is 42.9 Å². The second-order valence-corrected chi connectivity index (χ2v) is 9.69. The van der Waals surface area contributed by atoms with Gasteiger partial charge in [-0.25, -0.2) is 18.1 Å². The molecule has 1 N–H and O–H groups in total. The van der Waals surface area contributed by atoms with E-state index in [4.69, 9.17) is 4.74 Å². The lowest BCUT2D eigenvalue weighted by atomic mass is 10.0. The predicted molar refractivity (Wildman–Crippen MR) is 108 cm³/mol. The van der Waals surface area contributed by atoms with Crippen molar-refractivity contribution < 1.29 is 44.3 Å². The van der Waals surface area contributed by atoms with E-state index in [0.29, 0.717) is 0 Å². The summed E-state index contributed by atoms with van der Waals surface area (Å²) in [5.74, 6) is -0.332. The minimum absolute atomic E-state index is 0.00695. The van der Waals surface area contributed by atoms with Gasteiger partial charge in [-0.05, 0) is 36.5 Å². The molecule has 0 spiro atoms. The maximum absolute atomic E-state index is 12.9. The molecule has 34 heavy (non-hydrogen) atoms. The van der Waals surface area contributed by atoms with Crippen molar-refractivity contribution >= 4 is 15.8 Å². The van der Waals surface area contributed by atoms with Crippen LogP contribution in [0.4, 0.5) is 26.3 Å². The number of ether oxygens (including phenoxy) is 1. The summed E-state index contributed by atoms with van der Waals surface area (Å²) < 4.78 is 107. The van der Waals surface area contributed by atoms with E-state index in [0.717, 1.165) is 43.3 Å². The minimum Gasteiger partial charge on any atom is -0.477 e. The van der Waals surface area contributed by atoms with Crippen LogP contribution in [0.25, 0.3) is 0 Å². The highest BCUT2D eigenvalue weighted by Crippen LogP contribution is 2.31. The largest absolute Gasteiger partial charge is 0.477 e. The number of hydrogen-bond acceptors (Lipinski definition) is 5. The van der Waals surface area contributed by atoms with Gasteiger partial charge in [0.15, 0.2) is 0 Å². The van der Waals surface area contributed by atoms with Crippen LogP contribution in [0.1, 0.15) is 29.5 Å². The van der Waals surface area contributed by atoms with E-state index in [1.54, 1.807) is 0 Å². The highest BCUT2D eigenvalue weighted by Gasteiger charge is 2.32. The molecule has 1 saturated carbocycles. The van der Waals surface area contributed by atoms with Crippen molar-refractivity contribution in [1.29, 1.82) is 0 Å². The second-order valence-electron chi connectivity index (χ2n) is 7.92. The molecule has 1 aromatic carbocycles. The number of sulfonamides is 1. The van der Waals surface area contributed by atoms with Gasteiger partial charge in [0.05, 0.1) is 18.4 Å². The van der Waals surface area contributed by atoms with Gasteiger partial charge < -0.3 is 4.74 Å². The van der Waals surface area contributed by atoms with Crippen LogP contribution < -0.4 is 9.46 Å². The first kappa shape index (κ1) is 25.9. The Balaban J connectivity index is 1.81. The zero-order valence-electron chi connectivity index (χ0n) is 17.5. The van der Waals surface area contributed by atoms with Crippen molar-refractivity contribution in [3.63, 3.8) is 0 Å². The SMILES string of the molecule is O=C(Cc1cccc(C(F)(F)F)c1)Cc1cc(S(=O)(=O)NCC(F)(F)F)cnc1OCC1CC1. The Hall–Kier alpha value is -2.67. The Morgan fingerprint density at radius 1 is 1.09 bits per heavy atom. The molecule has 6 nitrogen and oxygen atoms in total. The molecule has 3 rings (SSSR count). The second kappa shape index (κ2) is 9.90. The Morgan fingerprint density at radius 2 is 1.79 bits per heavy atom. The van der Waals surface area contributed by atoms with Crippen LogP contribution in [0.3, 0.4) is 0 Å². The van der Waals surface area contributed by atoms with E-state index in [1.807, 2.05) is 0 Å². The first-order valence-corrected chi connectivity index (χ1v) is 11.6. The fourth-order valence-corrected chi connectivity index (χ4v) is 3.99. The molecular formula is C21H20F6N2O4S. The molecule has 1 fully saturated rings. The van der Waals surface area contributed by atoms with Crippen LogP contribution in [0.5, 0.6) is 5.88 Å². The molecule has 13 heteroatoms. The number of benzene rings is 1. The molecule has 186 valence electrons. The molecule has 1 aliphatic rings. The summed E-state index contributed by atoms with van der Waals surface area (Å²) in [5.41, 5.74) is -0.812. The van der Waals surface area contributed by atoms with Gasteiger partial charge in [0.1, 0.15) is 17.2 Å². The Labute approximate surface area is 191 Å². The Bertz CT molecular complexity index is 1140. The summed E-state index contributed by atoms with van der Waals surface area (Å²) in [6, 6.07) is 5.19. The van der Waals surface area contributed by atoms with Crippen LogP contribution in [0, 0.1) is 5.92 Å². The lowest BCUT2D eigenvalue weighted by Gasteiger charge is -2.13. The number of carbonyl (C=O) groups excluding carboxylic acids is 1. The van der Waals surface area contributed by atoms with Crippen LogP contribution >= 0.6 is 0 Å².